The van der Waals surface area contributed by atoms with Crippen LogP contribution in [0.15, 0.2) is 46.9 Å². The molecule has 0 saturated carbocycles. The van der Waals surface area contributed by atoms with Gasteiger partial charge < -0.3 is 14.5 Å². The van der Waals surface area contributed by atoms with Crippen LogP contribution >= 0.6 is 0 Å². The summed E-state index contributed by atoms with van der Waals surface area (Å²) in [6.07, 6.45) is 2.53. The number of nitrogens with one attached hydrogen (secondary N) is 1. The monoisotopic (exact) mass is 314 g/mol. The molecule has 1 aromatic heterocycles. The van der Waals surface area contributed by atoms with Crippen LogP contribution in [0.5, 0.6) is 0 Å². The van der Waals surface area contributed by atoms with Crippen LogP contribution in [-0.2, 0) is 9.53 Å². The van der Waals surface area contributed by atoms with Gasteiger partial charge in [0.1, 0.15) is 11.5 Å². The SMILES string of the molecule is COC(=O)N(C)c1ccc(NC(=O)C=Cc2ccc(C)o2)cc1. The van der Waals surface area contributed by atoms with Crippen LogP contribution in [0, 0.1) is 6.92 Å². The van der Waals surface area contributed by atoms with Gasteiger partial charge in [-0.3, -0.25) is 9.69 Å². The van der Waals surface area contributed by atoms with E-state index in [1.807, 2.05) is 13.0 Å². The van der Waals surface area contributed by atoms with Gasteiger partial charge in [0.2, 0.25) is 5.91 Å². The largest absolute Gasteiger partial charge is 0.462 e. The van der Waals surface area contributed by atoms with Crippen molar-refractivity contribution in [2.45, 2.75) is 6.92 Å². The zero-order chi connectivity index (χ0) is 16.8. The lowest BCUT2D eigenvalue weighted by atomic mass is 10.2. The molecular formula is C17H18N2O4. The Morgan fingerprint density at radius 2 is 1.87 bits per heavy atom. The summed E-state index contributed by atoms with van der Waals surface area (Å²) in [4.78, 5) is 24.6. The normalized spacial score (nSPS) is 10.6. The first-order chi connectivity index (χ1) is 11.0. The van der Waals surface area contributed by atoms with Crippen LogP contribution in [0.25, 0.3) is 6.08 Å². The fourth-order valence-electron chi connectivity index (χ4n) is 1.90. The quantitative estimate of drug-likeness (QED) is 0.877. The summed E-state index contributed by atoms with van der Waals surface area (Å²) in [5, 5.41) is 2.73. The second-order valence-electron chi connectivity index (χ2n) is 4.85. The molecular weight excluding hydrogens is 296 g/mol. The number of hydrogen-bond acceptors (Lipinski definition) is 4. The minimum atomic E-state index is -0.460. The van der Waals surface area contributed by atoms with Gasteiger partial charge >= 0.3 is 6.09 Å². The maximum absolute atomic E-state index is 11.8. The topological polar surface area (TPSA) is 71.8 Å². The predicted molar refractivity (Wildman–Crippen MR) is 88.4 cm³/mol. The average Bonchev–Trinajstić information content (AvgIpc) is 2.97. The maximum atomic E-state index is 11.8. The van der Waals surface area contributed by atoms with Gasteiger partial charge in [-0.25, -0.2) is 4.79 Å². The number of aryl methyl sites for hydroxylation is 1. The molecule has 0 saturated heterocycles. The Morgan fingerprint density at radius 1 is 1.17 bits per heavy atom. The summed E-state index contributed by atoms with van der Waals surface area (Å²) in [6, 6.07) is 10.5. The molecule has 2 aromatic rings. The van der Waals surface area contributed by atoms with E-state index >= 15 is 0 Å². The van der Waals surface area contributed by atoms with Crippen molar-refractivity contribution < 1.29 is 18.7 Å². The maximum Gasteiger partial charge on any atom is 0.413 e. The smallest absolute Gasteiger partial charge is 0.413 e. The highest BCUT2D eigenvalue weighted by Crippen LogP contribution is 2.17. The van der Waals surface area contributed by atoms with E-state index in [0.717, 1.165) is 5.76 Å². The van der Waals surface area contributed by atoms with Crippen molar-refractivity contribution in [2.75, 3.05) is 24.4 Å². The average molecular weight is 314 g/mol. The molecule has 23 heavy (non-hydrogen) atoms. The van der Waals surface area contributed by atoms with Gasteiger partial charge in [-0.05, 0) is 49.4 Å². The van der Waals surface area contributed by atoms with Gasteiger partial charge in [0.15, 0.2) is 0 Å². The first-order valence-corrected chi connectivity index (χ1v) is 6.97. The van der Waals surface area contributed by atoms with E-state index in [2.05, 4.69) is 10.1 Å². The molecule has 2 rings (SSSR count). The summed E-state index contributed by atoms with van der Waals surface area (Å²) in [7, 11) is 2.92. The lowest BCUT2D eigenvalue weighted by Crippen LogP contribution is -2.25. The van der Waals surface area contributed by atoms with Crippen molar-refractivity contribution in [1.29, 1.82) is 0 Å². The Balaban J connectivity index is 1.96. The van der Waals surface area contributed by atoms with Crippen LogP contribution in [-0.4, -0.2) is 26.2 Å². The molecule has 0 aliphatic rings. The third kappa shape index (κ3) is 4.47. The van der Waals surface area contributed by atoms with Crippen LogP contribution < -0.4 is 10.2 Å². The molecule has 1 N–H and O–H groups in total. The molecule has 0 fully saturated rings. The third-order valence-corrected chi connectivity index (χ3v) is 3.13. The molecule has 2 amide bonds. The highest BCUT2D eigenvalue weighted by molar-refractivity contribution is 6.01. The molecule has 0 unspecified atom stereocenters. The van der Waals surface area contributed by atoms with Crippen molar-refractivity contribution in [1.82, 2.24) is 0 Å². The van der Waals surface area contributed by atoms with E-state index in [0.29, 0.717) is 17.1 Å². The van der Waals surface area contributed by atoms with Crippen molar-refractivity contribution in [3.63, 3.8) is 0 Å². The van der Waals surface area contributed by atoms with Crippen molar-refractivity contribution >= 4 is 29.5 Å². The van der Waals surface area contributed by atoms with E-state index in [1.165, 1.54) is 18.1 Å². The first kappa shape index (κ1) is 16.4. The number of rotatable bonds is 4. The van der Waals surface area contributed by atoms with Gasteiger partial charge in [0, 0.05) is 24.5 Å². The Bertz CT molecular complexity index is 716. The summed E-state index contributed by atoms with van der Waals surface area (Å²) < 4.78 is 9.98. The zero-order valence-electron chi connectivity index (χ0n) is 13.2. The molecule has 6 nitrogen and oxygen atoms in total. The predicted octanol–water partition coefficient (Wildman–Crippen LogP) is 3.44. The van der Waals surface area contributed by atoms with Gasteiger partial charge in [-0.2, -0.15) is 0 Å². The number of amides is 2. The lowest BCUT2D eigenvalue weighted by molar-refractivity contribution is -0.111. The number of carbonyl (C=O) groups is 2. The number of benzene rings is 1. The second kappa shape index (κ2) is 7.31. The molecule has 0 atom stereocenters. The minimum absolute atomic E-state index is 0.270. The number of anilines is 2. The molecule has 120 valence electrons. The Kier molecular flexibility index (Phi) is 5.19. The van der Waals surface area contributed by atoms with Crippen molar-refractivity contribution in [3.05, 3.63) is 54.0 Å². The van der Waals surface area contributed by atoms with Crippen LogP contribution in [0.1, 0.15) is 11.5 Å². The van der Waals surface area contributed by atoms with Crippen LogP contribution in [0.2, 0.25) is 0 Å². The molecule has 0 aliphatic heterocycles. The minimum Gasteiger partial charge on any atom is -0.462 e. The Hall–Kier alpha value is -3.02. The molecule has 0 bridgehead atoms. The van der Waals surface area contributed by atoms with Gasteiger partial charge in [-0.15, -0.1) is 0 Å². The van der Waals surface area contributed by atoms with Gasteiger partial charge in [0.25, 0.3) is 0 Å². The van der Waals surface area contributed by atoms with Crippen molar-refractivity contribution in [3.8, 4) is 0 Å². The Labute approximate surface area is 134 Å². The first-order valence-electron chi connectivity index (χ1n) is 6.97. The second-order valence-corrected chi connectivity index (χ2v) is 4.85. The molecule has 0 spiro atoms. The van der Waals surface area contributed by atoms with E-state index in [4.69, 9.17) is 4.42 Å². The lowest BCUT2D eigenvalue weighted by Gasteiger charge is -2.15. The molecule has 6 heteroatoms. The fraction of sp³-hybridized carbons (Fsp3) is 0.176. The van der Waals surface area contributed by atoms with E-state index in [-0.39, 0.29) is 5.91 Å². The third-order valence-electron chi connectivity index (χ3n) is 3.13. The number of carbonyl (C=O) groups excluding carboxylic acids is 2. The highest BCUT2D eigenvalue weighted by Gasteiger charge is 2.10. The van der Waals surface area contributed by atoms with E-state index in [1.54, 1.807) is 43.5 Å². The van der Waals surface area contributed by atoms with Crippen LogP contribution in [0.3, 0.4) is 0 Å². The summed E-state index contributed by atoms with van der Waals surface area (Å²) in [5.74, 6) is 1.14. The number of hydrogen-bond donors (Lipinski definition) is 1. The highest BCUT2D eigenvalue weighted by atomic mass is 16.5. The Morgan fingerprint density at radius 3 is 2.43 bits per heavy atom. The zero-order valence-corrected chi connectivity index (χ0v) is 13.2. The number of methoxy groups -OCH3 is 1. The van der Waals surface area contributed by atoms with Crippen molar-refractivity contribution in [2.24, 2.45) is 0 Å². The number of furan rings is 1. The molecule has 0 aliphatic carbocycles. The molecule has 0 radical (unpaired) electrons. The van der Waals surface area contributed by atoms with E-state index < -0.39 is 6.09 Å². The van der Waals surface area contributed by atoms with Gasteiger partial charge in [-0.1, -0.05) is 0 Å². The summed E-state index contributed by atoms with van der Waals surface area (Å²) in [6.45, 7) is 1.84. The number of ether oxygens (including phenoxy) is 1. The summed E-state index contributed by atoms with van der Waals surface area (Å²) >= 11 is 0. The number of nitrogens with zero attached hydrogens (tertiary/aromatic N) is 1. The van der Waals surface area contributed by atoms with Crippen LogP contribution in [0.4, 0.5) is 16.2 Å². The molecule has 1 aromatic carbocycles. The summed E-state index contributed by atoms with van der Waals surface area (Å²) in [5.41, 5.74) is 1.29. The van der Waals surface area contributed by atoms with E-state index in [9.17, 15) is 9.59 Å². The molecule has 1 heterocycles. The van der Waals surface area contributed by atoms with Gasteiger partial charge in [0.05, 0.1) is 7.11 Å². The fourth-order valence-corrected chi connectivity index (χ4v) is 1.90. The standard InChI is InChI=1S/C17H18N2O4/c1-12-4-9-15(23-12)10-11-16(20)18-13-5-7-14(8-6-13)19(2)17(21)22-3/h4-11H,1-3H3,(H,18,20).